The second kappa shape index (κ2) is 9.00. The summed E-state index contributed by atoms with van der Waals surface area (Å²) in [5, 5.41) is 7.29. The van der Waals surface area contributed by atoms with Crippen LogP contribution in [0.3, 0.4) is 0 Å². The molecule has 0 bridgehead atoms. The molecule has 0 radical (unpaired) electrons. The van der Waals surface area contributed by atoms with Gasteiger partial charge < -0.3 is 25.4 Å². The van der Waals surface area contributed by atoms with E-state index in [0.29, 0.717) is 0 Å². The summed E-state index contributed by atoms with van der Waals surface area (Å²) in [5.74, 6) is -0.374. The van der Waals surface area contributed by atoms with Gasteiger partial charge in [0.1, 0.15) is 5.60 Å². The van der Waals surface area contributed by atoms with Crippen molar-refractivity contribution in [1.29, 1.82) is 0 Å². The molecule has 0 spiro atoms. The Morgan fingerprint density at radius 3 is 2.10 bits per heavy atom. The first kappa shape index (κ1) is 18.0. The summed E-state index contributed by atoms with van der Waals surface area (Å²) >= 11 is 0. The third kappa shape index (κ3) is 11.1. The first-order valence-corrected chi connectivity index (χ1v) is 6.38. The van der Waals surface area contributed by atoms with E-state index in [4.69, 9.17) is 4.74 Å². The first-order chi connectivity index (χ1) is 9.24. The van der Waals surface area contributed by atoms with Crippen molar-refractivity contribution in [2.75, 3.05) is 26.2 Å². The predicted molar refractivity (Wildman–Crippen MR) is 72.3 cm³/mol. The van der Waals surface area contributed by atoms with Crippen LogP contribution in [0.25, 0.3) is 0 Å². The molecule has 8 nitrogen and oxygen atoms in total. The van der Waals surface area contributed by atoms with E-state index in [1.807, 2.05) is 0 Å². The number of rotatable bonds is 6. The zero-order valence-corrected chi connectivity index (χ0v) is 12.4. The Kier molecular flexibility index (Phi) is 8.10. The summed E-state index contributed by atoms with van der Waals surface area (Å²) in [6.07, 6.45) is -1.19. The number of hydrogen-bond acceptors (Lipinski definition) is 5. The zero-order valence-electron chi connectivity index (χ0n) is 12.4. The van der Waals surface area contributed by atoms with Crippen molar-refractivity contribution in [3.8, 4) is 0 Å². The number of nitrogens with one attached hydrogen (secondary N) is 3. The minimum Gasteiger partial charge on any atom is -0.450 e. The summed E-state index contributed by atoms with van der Waals surface area (Å²) in [6.45, 7) is 7.48. The number of ether oxygens (including phenoxy) is 2. The van der Waals surface area contributed by atoms with E-state index in [-0.39, 0.29) is 32.1 Å². The normalized spacial score (nSPS) is 10.4. The number of carbonyl (C=O) groups excluding carboxylic acids is 3. The molecule has 0 saturated heterocycles. The van der Waals surface area contributed by atoms with E-state index in [1.54, 1.807) is 27.7 Å². The quantitative estimate of drug-likeness (QED) is 0.613. The Morgan fingerprint density at radius 1 is 0.950 bits per heavy atom. The Balaban J connectivity index is 3.64. The maximum atomic E-state index is 11.4. The molecule has 0 aliphatic carbocycles. The molecular formula is C12H23N3O5. The summed E-state index contributed by atoms with van der Waals surface area (Å²) in [5.41, 5.74) is -0.607. The lowest BCUT2D eigenvalue weighted by Gasteiger charge is -2.19. The molecule has 20 heavy (non-hydrogen) atoms. The van der Waals surface area contributed by atoms with E-state index in [9.17, 15) is 14.4 Å². The topological polar surface area (TPSA) is 106 Å². The predicted octanol–water partition coefficient (Wildman–Crippen LogP) is 0.373. The average molecular weight is 289 g/mol. The monoisotopic (exact) mass is 289 g/mol. The molecule has 0 heterocycles. The largest absolute Gasteiger partial charge is 0.450 e. The van der Waals surface area contributed by atoms with Crippen LogP contribution >= 0.6 is 0 Å². The molecule has 0 fully saturated rings. The van der Waals surface area contributed by atoms with Crippen molar-refractivity contribution in [3.05, 3.63) is 0 Å². The molecule has 0 aromatic rings. The smallest absolute Gasteiger partial charge is 0.408 e. The lowest BCUT2D eigenvalue weighted by Crippen LogP contribution is -2.42. The van der Waals surface area contributed by atoms with Gasteiger partial charge in [0.2, 0.25) is 5.91 Å². The average Bonchev–Trinajstić information content (AvgIpc) is 2.30. The highest BCUT2D eigenvalue weighted by atomic mass is 16.6. The fourth-order valence-electron chi connectivity index (χ4n) is 1.08. The molecule has 0 unspecified atom stereocenters. The van der Waals surface area contributed by atoms with Gasteiger partial charge in [0, 0.05) is 13.1 Å². The molecule has 0 aromatic carbocycles. The third-order valence-electron chi connectivity index (χ3n) is 1.78. The molecule has 3 amide bonds. The molecular weight excluding hydrogens is 266 g/mol. The minimum atomic E-state index is -0.655. The van der Waals surface area contributed by atoms with Crippen LogP contribution in [-0.2, 0) is 14.3 Å². The van der Waals surface area contributed by atoms with Crippen molar-refractivity contribution in [3.63, 3.8) is 0 Å². The molecule has 0 aliphatic rings. The van der Waals surface area contributed by atoms with Crippen LogP contribution in [0.2, 0.25) is 0 Å². The Labute approximate surface area is 118 Å². The van der Waals surface area contributed by atoms with E-state index < -0.39 is 17.8 Å². The van der Waals surface area contributed by atoms with E-state index in [0.717, 1.165) is 0 Å². The van der Waals surface area contributed by atoms with Crippen LogP contribution in [0.15, 0.2) is 0 Å². The molecule has 116 valence electrons. The minimum absolute atomic E-state index is 0.186. The fraction of sp³-hybridized carbons (Fsp3) is 0.750. The van der Waals surface area contributed by atoms with Gasteiger partial charge in [0.05, 0.1) is 13.2 Å². The molecule has 0 aliphatic heterocycles. The van der Waals surface area contributed by atoms with Gasteiger partial charge in [0.15, 0.2) is 0 Å². The molecule has 0 saturated carbocycles. The standard InChI is InChI=1S/C12H23N3O5/c1-5-19-10(17)14-7-6-13-9(16)8-15-11(18)20-12(2,3)4/h5-8H2,1-4H3,(H,13,16)(H,14,17)(H,15,18). The van der Waals surface area contributed by atoms with Crippen LogP contribution in [0.5, 0.6) is 0 Å². The van der Waals surface area contributed by atoms with E-state index in [1.165, 1.54) is 0 Å². The highest BCUT2D eigenvalue weighted by molar-refractivity contribution is 5.82. The van der Waals surface area contributed by atoms with Gasteiger partial charge in [-0.05, 0) is 27.7 Å². The van der Waals surface area contributed by atoms with Crippen molar-refractivity contribution in [1.82, 2.24) is 16.0 Å². The summed E-state index contributed by atoms with van der Waals surface area (Å²) < 4.78 is 9.61. The van der Waals surface area contributed by atoms with Gasteiger partial charge in [-0.15, -0.1) is 0 Å². The maximum Gasteiger partial charge on any atom is 0.408 e. The van der Waals surface area contributed by atoms with Gasteiger partial charge in [0.25, 0.3) is 0 Å². The number of carbonyl (C=O) groups is 3. The van der Waals surface area contributed by atoms with Gasteiger partial charge in [-0.25, -0.2) is 9.59 Å². The van der Waals surface area contributed by atoms with Gasteiger partial charge in [-0.3, -0.25) is 4.79 Å². The summed E-state index contributed by atoms with van der Waals surface area (Å²) in [7, 11) is 0. The van der Waals surface area contributed by atoms with Gasteiger partial charge in [-0.2, -0.15) is 0 Å². The highest BCUT2D eigenvalue weighted by Crippen LogP contribution is 2.05. The number of alkyl carbamates (subject to hydrolysis) is 2. The molecule has 0 rings (SSSR count). The second-order valence-electron chi connectivity index (χ2n) is 4.85. The summed E-state index contributed by atoms with van der Waals surface area (Å²) in [6, 6.07) is 0. The maximum absolute atomic E-state index is 11.4. The number of hydrogen-bond donors (Lipinski definition) is 3. The van der Waals surface area contributed by atoms with E-state index in [2.05, 4.69) is 20.7 Å². The van der Waals surface area contributed by atoms with Crippen molar-refractivity contribution < 1.29 is 23.9 Å². The molecule has 8 heteroatoms. The SMILES string of the molecule is CCOC(=O)NCCNC(=O)CNC(=O)OC(C)(C)C. The Bertz CT molecular complexity index is 338. The van der Waals surface area contributed by atoms with Gasteiger partial charge >= 0.3 is 12.2 Å². The van der Waals surface area contributed by atoms with Crippen molar-refractivity contribution in [2.24, 2.45) is 0 Å². The first-order valence-electron chi connectivity index (χ1n) is 6.38. The molecule has 3 N–H and O–H groups in total. The lowest BCUT2D eigenvalue weighted by molar-refractivity contribution is -0.120. The molecule has 0 aromatic heterocycles. The highest BCUT2D eigenvalue weighted by Gasteiger charge is 2.16. The van der Waals surface area contributed by atoms with Gasteiger partial charge in [-0.1, -0.05) is 0 Å². The second-order valence-corrected chi connectivity index (χ2v) is 4.85. The fourth-order valence-corrected chi connectivity index (χ4v) is 1.08. The lowest BCUT2D eigenvalue weighted by atomic mass is 10.2. The summed E-state index contributed by atoms with van der Waals surface area (Å²) in [4.78, 5) is 33.5. The third-order valence-corrected chi connectivity index (χ3v) is 1.78. The van der Waals surface area contributed by atoms with E-state index >= 15 is 0 Å². The van der Waals surface area contributed by atoms with Crippen LogP contribution in [0.1, 0.15) is 27.7 Å². The van der Waals surface area contributed by atoms with Crippen LogP contribution in [-0.4, -0.2) is 49.9 Å². The van der Waals surface area contributed by atoms with Crippen LogP contribution in [0.4, 0.5) is 9.59 Å². The van der Waals surface area contributed by atoms with Crippen molar-refractivity contribution >= 4 is 18.1 Å². The van der Waals surface area contributed by atoms with Crippen molar-refractivity contribution in [2.45, 2.75) is 33.3 Å². The number of amides is 3. The van der Waals surface area contributed by atoms with Crippen LogP contribution < -0.4 is 16.0 Å². The van der Waals surface area contributed by atoms with Crippen LogP contribution in [0, 0.1) is 0 Å². The molecule has 0 atom stereocenters. The Hall–Kier alpha value is -1.99. The Morgan fingerprint density at radius 2 is 1.55 bits per heavy atom. The zero-order chi connectivity index (χ0) is 15.6.